The second-order valence-electron chi connectivity index (χ2n) is 5.23. The van der Waals surface area contributed by atoms with E-state index in [4.69, 9.17) is 9.47 Å². The van der Waals surface area contributed by atoms with E-state index in [-0.39, 0.29) is 10.6 Å². The number of rotatable bonds is 5. The van der Waals surface area contributed by atoms with E-state index in [1.807, 2.05) is 0 Å². The van der Waals surface area contributed by atoms with Gasteiger partial charge in [0.25, 0.3) is 5.91 Å². The van der Waals surface area contributed by atoms with Crippen molar-refractivity contribution in [1.29, 1.82) is 0 Å². The molecule has 0 aliphatic heterocycles. The topological polar surface area (TPSA) is 81.7 Å². The fourth-order valence-electron chi connectivity index (χ4n) is 2.09. The molecule has 0 fully saturated rings. The Bertz CT molecular complexity index is 878. The lowest BCUT2D eigenvalue weighted by atomic mass is 10.1. The third kappa shape index (κ3) is 4.23. The number of anilines is 1. The van der Waals surface area contributed by atoms with Crippen LogP contribution >= 0.6 is 11.3 Å². The molecule has 0 aliphatic carbocycles. The first-order chi connectivity index (χ1) is 12.2. The van der Waals surface area contributed by atoms with Crippen LogP contribution in [-0.4, -0.2) is 31.6 Å². The molecule has 0 bridgehead atoms. The van der Waals surface area contributed by atoms with Gasteiger partial charge >= 0.3 is 11.9 Å². The van der Waals surface area contributed by atoms with E-state index in [1.54, 1.807) is 13.8 Å². The van der Waals surface area contributed by atoms with Crippen LogP contribution in [0.15, 0.2) is 18.2 Å². The quantitative estimate of drug-likeness (QED) is 0.802. The van der Waals surface area contributed by atoms with Crippen LogP contribution in [0.25, 0.3) is 0 Å². The van der Waals surface area contributed by atoms with Gasteiger partial charge in [-0.2, -0.15) is 0 Å². The van der Waals surface area contributed by atoms with Crippen LogP contribution < -0.4 is 5.32 Å². The van der Waals surface area contributed by atoms with E-state index in [2.05, 4.69) is 5.32 Å². The van der Waals surface area contributed by atoms with Gasteiger partial charge in [-0.25, -0.2) is 18.4 Å². The highest BCUT2D eigenvalue weighted by molar-refractivity contribution is 7.16. The van der Waals surface area contributed by atoms with E-state index in [1.165, 1.54) is 18.4 Å². The van der Waals surface area contributed by atoms with E-state index in [0.717, 1.165) is 17.0 Å². The number of hydrogen-bond acceptors (Lipinski definition) is 6. The molecule has 1 aromatic heterocycles. The number of aryl methyl sites for hydroxylation is 1. The Balaban J connectivity index is 2.05. The number of esters is 2. The first-order valence-corrected chi connectivity index (χ1v) is 8.16. The maximum Gasteiger partial charge on any atom is 0.341 e. The van der Waals surface area contributed by atoms with Gasteiger partial charge in [-0.15, -0.1) is 11.3 Å². The summed E-state index contributed by atoms with van der Waals surface area (Å²) in [6.45, 7) is 2.79. The summed E-state index contributed by atoms with van der Waals surface area (Å²) in [6.07, 6.45) is 0. The van der Waals surface area contributed by atoms with Crippen LogP contribution in [0.2, 0.25) is 0 Å². The zero-order valence-electron chi connectivity index (χ0n) is 14.1. The number of carbonyl (C=O) groups excluding carboxylic acids is 3. The summed E-state index contributed by atoms with van der Waals surface area (Å²) in [5.74, 6) is -4.35. The summed E-state index contributed by atoms with van der Waals surface area (Å²) in [4.78, 5) is 36.4. The Kier molecular flexibility index (Phi) is 6.04. The molecule has 0 saturated carbocycles. The summed E-state index contributed by atoms with van der Waals surface area (Å²) < 4.78 is 35.8. The Hall–Kier alpha value is -2.81. The molecule has 9 heteroatoms. The molecule has 138 valence electrons. The van der Waals surface area contributed by atoms with Crippen molar-refractivity contribution in [2.75, 3.05) is 19.0 Å². The predicted molar refractivity (Wildman–Crippen MR) is 90.4 cm³/mol. The number of amides is 1. The number of methoxy groups -OCH3 is 1. The van der Waals surface area contributed by atoms with Crippen LogP contribution in [0.1, 0.15) is 31.2 Å². The van der Waals surface area contributed by atoms with Gasteiger partial charge in [0.15, 0.2) is 6.61 Å². The van der Waals surface area contributed by atoms with Gasteiger partial charge in [0.2, 0.25) is 0 Å². The number of halogens is 2. The number of benzene rings is 1. The van der Waals surface area contributed by atoms with Gasteiger partial charge in [0.1, 0.15) is 16.6 Å². The molecule has 1 amide bonds. The Morgan fingerprint density at radius 2 is 1.85 bits per heavy atom. The Labute approximate surface area is 151 Å². The van der Waals surface area contributed by atoms with E-state index < -0.39 is 41.7 Å². The summed E-state index contributed by atoms with van der Waals surface area (Å²) in [5.41, 5.74) is 0.402. The van der Waals surface area contributed by atoms with Crippen molar-refractivity contribution in [2.24, 2.45) is 0 Å². The lowest BCUT2D eigenvalue weighted by Gasteiger charge is -2.08. The summed E-state index contributed by atoms with van der Waals surface area (Å²) >= 11 is 1.17. The number of thiophene rings is 1. The molecule has 2 rings (SSSR count). The van der Waals surface area contributed by atoms with Gasteiger partial charge in [0.05, 0.1) is 18.2 Å². The molecule has 0 spiro atoms. The minimum Gasteiger partial charge on any atom is -0.465 e. The van der Waals surface area contributed by atoms with Crippen molar-refractivity contribution in [3.8, 4) is 0 Å². The molecular weight excluding hydrogens is 368 g/mol. The monoisotopic (exact) mass is 383 g/mol. The second kappa shape index (κ2) is 8.05. The maximum absolute atomic E-state index is 13.5. The fourth-order valence-corrected chi connectivity index (χ4v) is 3.15. The number of carbonyl (C=O) groups is 3. The Morgan fingerprint density at radius 1 is 1.15 bits per heavy atom. The van der Waals surface area contributed by atoms with Crippen molar-refractivity contribution >= 4 is 34.2 Å². The summed E-state index contributed by atoms with van der Waals surface area (Å²) in [5, 5.41) is 2.73. The summed E-state index contributed by atoms with van der Waals surface area (Å²) in [6, 6.07) is 2.36. The van der Waals surface area contributed by atoms with Crippen molar-refractivity contribution in [1.82, 2.24) is 0 Å². The smallest absolute Gasteiger partial charge is 0.341 e. The zero-order chi connectivity index (χ0) is 19.4. The molecule has 6 nitrogen and oxygen atoms in total. The van der Waals surface area contributed by atoms with Gasteiger partial charge in [-0.05, 0) is 31.5 Å². The molecular formula is C17H15F2NO5S. The third-order valence-corrected chi connectivity index (χ3v) is 4.64. The predicted octanol–water partition coefficient (Wildman–Crippen LogP) is 3.23. The molecule has 1 heterocycles. The number of hydrogen-bond donors (Lipinski definition) is 1. The van der Waals surface area contributed by atoms with Gasteiger partial charge < -0.3 is 14.8 Å². The number of ether oxygens (including phenoxy) is 2. The molecule has 0 unspecified atom stereocenters. The molecule has 1 aromatic carbocycles. The van der Waals surface area contributed by atoms with Crippen LogP contribution in [0, 0.1) is 25.5 Å². The van der Waals surface area contributed by atoms with Gasteiger partial charge in [-0.1, -0.05) is 0 Å². The summed E-state index contributed by atoms with van der Waals surface area (Å²) in [7, 11) is 1.22. The minimum absolute atomic E-state index is 0.222. The Morgan fingerprint density at radius 3 is 2.46 bits per heavy atom. The molecule has 1 N–H and O–H groups in total. The lowest BCUT2D eigenvalue weighted by Crippen LogP contribution is -2.22. The molecule has 2 aromatic rings. The van der Waals surface area contributed by atoms with Crippen LogP contribution in [-0.2, 0) is 14.3 Å². The number of nitrogens with one attached hydrogen (secondary N) is 1. The maximum atomic E-state index is 13.5. The average molecular weight is 383 g/mol. The molecule has 0 atom stereocenters. The van der Waals surface area contributed by atoms with Crippen LogP contribution in [0.3, 0.4) is 0 Å². The van der Waals surface area contributed by atoms with Gasteiger partial charge in [-0.3, -0.25) is 4.79 Å². The van der Waals surface area contributed by atoms with E-state index in [0.29, 0.717) is 11.6 Å². The fraction of sp³-hybridized carbons (Fsp3) is 0.235. The van der Waals surface area contributed by atoms with Crippen molar-refractivity contribution in [2.45, 2.75) is 13.8 Å². The van der Waals surface area contributed by atoms with Crippen LogP contribution in [0.4, 0.5) is 13.8 Å². The first-order valence-electron chi connectivity index (χ1n) is 7.35. The largest absolute Gasteiger partial charge is 0.465 e. The average Bonchev–Trinajstić information content (AvgIpc) is 2.86. The SMILES string of the molecule is COC(=O)c1c(NC(=O)COC(=O)c2ccc(F)cc2F)sc(C)c1C. The second-order valence-corrected chi connectivity index (χ2v) is 6.45. The van der Waals surface area contributed by atoms with Crippen molar-refractivity contribution < 1.29 is 32.6 Å². The minimum atomic E-state index is -1.11. The zero-order valence-corrected chi connectivity index (χ0v) is 15.0. The molecule has 0 radical (unpaired) electrons. The van der Waals surface area contributed by atoms with Gasteiger partial charge in [0, 0.05) is 10.9 Å². The van der Waals surface area contributed by atoms with Crippen molar-refractivity contribution in [3.63, 3.8) is 0 Å². The standard InChI is InChI=1S/C17H15F2NO5S/c1-8-9(2)26-15(14(8)17(23)24-3)20-13(21)7-25-16(22)11-5-4-10(18)6-12(11)19/h4-6H,7H2,1-3H3,(H,20,21). The lowest BCUT2D eigenvalue weighted by molar-refractivity contribution is -0.119. The highest BCUT2D eigenvalue weighted by Crippen LogP contribution is 2.32. The van der Waals surface area contributed by atoms with Crippen LogP contribution in [0.5, 0.6) is 0 Å². The molecule has 0 aliphatic rings. The van der Waals surface area contributed by atoms with E-state index in [9.17, 15) is 23.2 Å². The normalized spacial score (nSPS) is 10.3. The molecule has 0 saturated heterocycles. The third-order valence-electron chi connectivity index (χ3n) is 3.51. The highest BCUT2D eigenvalue weighted by Gasteiger charge is 2.22. The van der Waals surface area contributed by atoms with Crippen molar-refractivity contribution in [3.05, 3.63) is 51.4 Å². The molecule has 26 heavy (non-hydrogen) atoms. The van der Waals surface area contributed by atoms with E-state index >= 15 is 0 Å². The highest BCUT2D eigenvalue weighted by atomic mass is 32.1. The first kappa shape index (κ1) is 19.5.